The number of nitrogen functional groups attached to an aromatic ring is 1. The van der Waals surface area contributed by atoms with Gasteiger partial charge in [-0.05, 0) is 29.9 Å². The van der Waals surface area contributed by atoms with Gasteiger partial charge in [0.2, 0.25) is 5.95 Å². The fraction of sp³-hybridized carbons (Fsp3) is 0.333. The summed E-state index contributed by atoms with van der Waals surface area (Å²) in [6.07, 6.45) is 8.73. The molecule has 1 fully saturated rings. The molecule has 0 aromatic carbocycles. The van der Waals surface area contributed by atoms with E-state index in [2.05, 4.69) is 31.7 Å². The lowest BCUT2D eigenvalue weighted by Crippen LogP contribution is -2.10. The lowest BCUT2D eigenvalue weighted by Gasteiger charge is -2.08. The van der Waals surface area contributed by atoms with Gasteiger partial charge in [-0.25, -0.2) is 4.68 Å². The zero-order chi connectivity index (χ0) is 15.8. The third kappa shape index (κ3) is 2.87. The molecule has 3 N–H and O–H groups in total. The van der Waals surface area contributed by atoms with Gasteiger partial charge < -0.3 is 11.1 Å². The first-order valence-corrected chi connectivity index (χ1v) is 7.56. The maximum atomic E-state index is 5.79. The Balaban J connectivity index is 1.42. The Morgan fingerprint density at radius 1 is 1.35 bits per heavy atom. The summed E-state index contributed by atoms with van der Waals surface area (Å²) in [6, 6.07) is 3.69. The maximum absolute atomic E-state index is 5.79. The first-order valence-electron chi connectivity index (χ1n) is 7.56. The van der Waals surface area contributed by atoms with Crippen molar-refractivity contribution in [3.63, 3.8) is 0 Å². The van der Waals surface area contributed by atoms with Gasteiger partial charge in [0, 0.05) is 38.2 Å². The molecule has 118 valence electrons. The fourth-order valence-corrected chi connectivity index (χ4v) is 2.81. The highest BCUT2D eigenvalue weighted by atomic mass is 15.3. The van der Waals surface area contributed by atoms with Crippen LogP contribution >= 0.6 is 0 Å². The van der Waals surface area contributed by atoms with Gasteiger partial charge in [-0.15, -0.1) is 0 Å². The van der Waals surface area contributed by atoms with Gasteiger partial charge in [0.1, 0.15) is 5.82 Å². The molecule has 3 aromatic rings. The van der Waals surface area contributed by atoms with E-state index in [1.54, 1.807) is 10.9 Å². The van der Waals surface area contributed by atoms with Gasteiger partial charge >= 0.3 is 0 Å². The second kappa shape index (κ2) is 5.38. The summed E-state index contributed by atoms with van der Waals surface area (Å²) in [5, 5.41) is 11.8. The largest absolute Gasteiger partial charge is 0.370 e. The van der Waals surface area contributed by atoms with Crippen molar-refractivity contribution >= 4 is 11.8 Å². The van der Waals surface area contributed by atoms with E-state index in [0.717, 1.165) is 12.4 Å². The summed E-state index contributed by atoms with van der Waals surface area (Å²) >= 11 is 0. The molecule has 0 spiro atoms. The average Bonchev–Trinajstić information content (AvgIpc) is 2.93. The van der Waals surface area contributed by atoms with E-state index in [1.165, 1.54) is 12.0 Å². The van der Waals surface area contributed by atoms with E-state index in [1.807, 2.05) is 36.3 Å². The average molecular weight is 310 g/mol. The number of nitrogens with one attached hydrogen (secondary N) is 1. The summed E-state index contributed by atoms with van der Waals surface area (Å²) < 4.78 is 3.51. The lowest BCUT2D eigenvalue weighted by molar-refractivity contribution is 0.766. The molecule has 3 aromatic heterocycles. The molecule has 0 bridgehead atoms. The Kier molecular flexibility index (Phi) is 3.22. The summed E-state index contributed by atoms with van der Waals surface area (Å²) in [6.45, 7) is 0.856. The number of hydrogen-bond donors (Lipinski definition) is 2. The van der Waals surface area contributed by atoms with Crippen LogP contribution in [0.2, 0.25) is 0 Å². The summed E-state index contributed by atoms with van der Waals surface area (Å²) in [5.74, 6) is 2.80. The highest BCUT2D eigenvalue weighted by Crippen LogP contribution is 2.47. The van der Waals surface area contributed by atoms with E-state index in [-0.39, 0.29) is 5.95 Å². The van der Waals surface area contributed by atoms with E-state index in [0.29, 0.717) is 17.7 Å². The topological polar surface area (TPSA) is 99.5 Å². The molecule has 0 unspecified atom stereocenters. The van der Waals surface area contributed by atoms with Crippen molar-refractivity contribution in [3.05, 3.63) is 42.5 Å². The van der Waals surface area contributed by atoms with Crippen molar-refractivity contribution in [2.75, 3.05) is 17.6 Å². The van der Waals surface area contributed by atoms with Crippen LogP contribution in [0, 0.1) is 5.92 Å². The predicted octanol–water partition coefficient (Wildman–Crippen LogP) is 1.19. The van der Waals surface area contributed by atoms with Crippen LogP contribution in [0.1, 0.15) is 17.9 Å². The Bertz CT molecular complexity index is 807. The van der Waals surface area contributed by atoms with Crippen LogP contribution in [-0.2, 0) is 7.05 Å². The van der Waals surface area contributed by atoms with Crippen LogP contribution in [0.5, 0.6) is 0 Å². The Hall–Kier alpha value is -2.90. The molecule has 1 saturated carbocycles. The van der Waals surface area contributed by atoms with Gasteiger partial charge in [-0.2, -0.15) is 20.2 Å². The van der Waals surface area contributed by atoms with Crippen LogP contribution in [0.4, 0.5) is 11.8 Å². The van der Waals surface area contributed by atoms with Crippen molar-refractivity contribution in [3.8, 4) is 5.82 Å². The van der Waals surface area contributed by atoms with Crippen LogP contribution in [0.15, 0.2) is 36.9 Å². The van der Waals surface area contributed by atoms with Crippen molar-refractivity contribution in [2.45, 2.75) is 12.3 Å². The molecule has 0 saturated heterocycles. The molecule has 8 nitrogen and oxygen atoms in total. The van der Waals surface area contributed by atoms with E-state index in [4.69, 9.17) is 5.73 Å². The van der Waals surface area contributed by atoms with Crippen LogP contribution in [0.25, 0.3) is 5.82 Å². The second-order valence-electron chi connectivity index (χ2n) is 5.85. The summed E-state index contributed by atoms with van der Waals surface area (Å²) in [7, 11) is 1.94. The van der Waals surface area contributed by atoms with E-state index >= 15 is 0 Å². The highest BCUT2D eigenvalue weighted by Gasteiger charge is 2.38. The lowest BCUT2D eigenvalue weighted by atomic mass is 10.2. The molecule has 0 aliphatic heterocycles. The first kappa shape index (κ1) is 13.7. The molecular weight excluding hydrogens is 292 g/mol. The number of hydrogen-bond acceptors (Lipinski definition) is 6. The van der Waals surface area contributed by atoms with Crippen LogP contribution in [0.3, 0.4) is 0 Å². The summed E-state index contributed by atoms with van der Waals surface area (Å²) in [4.78, 5) is 8.44. The molecule has 1 aliphatic rings. The monoisotopic (exact) mass is 310 g/mol. The van der Waals surface area contributed by atoms with Gasteiger partial charge in [0.05, 0.1) is 6.20 Å². The van der Waals surface area contributed by atoms with Gasteiger partial charge in [0.15, 0.2) is 5.82 Å². The number of nitrogens with two attached hydrogens (primary N) is 1. The van der Waals surface area contributed by atoms with Gasteiger partial charge in [0.25, 0.3) is 0 Å². The van der Waals surface area contributed by atoms with E-state index in [9.17, 15) is 0 Å². The van der Waals surface area contributed by atoms with Crippen LogP contribution in [-0.4, -0.2) is 36.1 Å². The van der Waals surface area contributed by atoms with E-state index < -0.39 is 0 Å². The quantitative estimate of drug-likeness (QED) is 0.734. The number of aryl methyl sites for hydroxylation is 1. The first-order chi connectivity index (χ1) is 11.2. The third-order valence-corrected chi connectivity index (χ3v) is 4.09. The molecule has 3 heterocycles. The minimum Gasteiger partial charge on any atom is -0.370 e. The zero-order valence-electron chi connectivity index (χ0n) is 12.8. The smallest absolute Gasteiger partial charge is 0.224 e. The molecule has 0 amide bonds. The third-order valence-electron chi connectivity index (χ3n) is 4.09. The molecule has 23 heavy (non-hydrogen) atoms. The minimum atomic E-state index is 0.236. The molecule has 8 heteroatoms. The van der Waals surface area contributed by atoms with Crippen molar-refractivity contribution in [2.24, 2.45) is 13.0 Å². The van der Waals surface area contributed by atoms with Crippen LogP contribution < -0.4 is 11.1 Å². The minimum absolute atomic E-state index is 0.236. The number of rotatable bonds is 5. The standard InChI is InChI=1S/C15H18N8/c1-22-9-11(8-19-22)12-5-10(12)7-17-13-6-14(21-15(16)20-13)23-4-2-3-18-23/h2-4,6,8-10,12H,5,7H2,1H3,(H3,16,17,20,21)/t10-,12+/m0/s1. The number of aromatic nitrogens is 6. The van der Waals surface area contributed by atoms with Gasteiger partial charge in [-0.3, -0.25) is 4.68 Å². The second-order valence-corrected chi connectivity index (χ2v) is 5.85. The normalized spacial score (nSPS) is 19.7. The van der Waals surface area contributed by atoms with Crippen molar-refractivity contribution in [1.82, 2.24) is 29.5 Å². The Morgan fingerprint density at radius 2 is 2.26 bits per heavy atom. The Labute approximate surface area is 133 Å². The highest BCUT2D eigenvalue weighted by molar-refractivity contribution is 5.45. The molecule has 0 radical (unpaired) electrons. The molecule has 4 rings (SSSR count). The molecule has 1 aliphatic carbocycles. The van der Waals surface area contributed by atoms with Gasteiger partial charge in [-0.1, -0.05) is 0 Å². The summed E-state index contributed by atoms with van der Waals surface area (Å²) in [5.41, 5.74) is 7.10. The number of nitrogens with zero attached hydrogens (tertiary/aromatic N) is 6. The number of anilines is 2. The zero-order valence-corrected chi connectivity index (χ0v) is 12.8. The van der Waals surface area contributed by atoms with Crippen molar-refractivity contribution < 1.29 is 0 Å². The molecule has 2 atom stereocenters. The predicted molar refractivity (Wildman–Crippen MR) is 86.1 cm³/mol. The molecular formula is C15H18N8. The fourth-order valence-electron chi connectivity index (χ4n) is 2.81. The maximum Gasteiger partial charge on any atom is 0.224 e. The van der Waals surface area contributed by atoms with Crippen molar-refractivity contribution in [1.29, 1.82) is 0 Å². The Morgan fingerprint density at radius 3 is 3.00 bits per heavy atom. The SMILES string of the molecule is Cn1cc([C@@H]2C[C@H]2CNc2cc(-n3cccn3)nc(N)n2)cn1.